The topological polar surface area (TPSA) is 12.0 Å². The van der Waals surface area contributed by atoms with Crippen LogP contribution in [0.5, 0.6) is 0 Å². The number of hydrogen-bond donors (Lipinski definition) is 1. The fourth-order valence-corrected chi connectivity index (χ4v) is 3.30. The van der Waals surface area contributed by atoms with Crippen LogP contribution in [0.25, 0.3) is 0 Å². The Morgan fingerprint density at radius 2 is 1.89 bits per heavy atom. The van der Waals surface area contributed by atoms with Gasteiger partial charge in [0.25, 0.3) is 0 Å². The molecule has 106 valence electrons. The molecule has 1 fully saturated rings. The Bertz CT molecular complexity index is 433. The second kappa shape index (κ2) is 6.00. The lowest BCUT2D eigenvalue weighted by Crippen LogP contribution is -2.32. The van der Waals surface area contributed by atoms with E-state index in [-0.39, 0.29) is 6.04 Å². The van der Waals surface area contributed by atoms with E-state index in [0.29, 0.717) is 17.4 Å². The molecule has 1 nitrogen and oxygen atoms in total. The molecule has 0 aliphatic heterocycles. The van der Waals surface area contributed by atoms with Crippen molar-refractivity contribution in [1.82, 2.24) is 5.32 Å². The van der Waals surface area contributed by atoms with Gasteiger partial charge in [-0.25, -0.2) is 8.78 Å². The van der Waals surface area contributed by atoms with E-state index < -0.39 is 11.6 Å². The Morgan fingerprint density at radius 3 is 2.53 bits per heavy atom. The van der Waals surface area contributed by atoms with E-state index in [1.54, 1.807) is 12.1 Å². The standard InChI is InChI=1S/C16H23F2N/c1-10-7-8-12(9-11(10)2)16(19-3)13-5-4-6-14(17)15(13)18/h4-6,10-12,16,19H,7-9H2,1-3H3. The van der Waals surface area contributed by atoms with Crippen molar-refractivity contribution in [2.45, 2.75) is 39.2 Å². The van der Waals surface area contributed by atoms with Gasteiger partial charge in [0, 0.05) is 11.6 Å². The van der Waals surface area contributed by atoms with Gasteiger partial charge < -0.3 is 5.32 Å². The van der Waals surface area contributed by atoms with E-state index in [4.69, 9.17) is 0 Å². The van der Waals surface area contributed by atoms with Gasteiger partial charge in [-0.1, -0.05) is 32.4 Å². The van der Waals surface area contributed by atoms with E-state index >= 15 is 0 Å². The lowest BCUT2D eigenvalue weighted by Gasteiger charge is -2.37. The minimum absolute atomic E-state index is 0.0920. The van der Waals surface area contributed by atoms with E-state index in [2.05, 4.69) is 19.2 Å². The summed E-state index contributed by atoms with van der Waals surface area (Å²) in [4.78, 5) is 0. The predicted octanol–water partition coefficient (Wildman–Crippen LogP) is 4.30. The Kier molecular flexibility index (Phi) is 4.56. The van der Waals surface area contributed by atoms with E-state index in [0.717, 1.165) is 18.8 Å². The first kappa shape index (κ1) is 14.4. The lowest BCUT2D eigenvalue weighted by atomic mass is 9.72. The van der Waals surface area contributed by atoms with Crippen molar-refractivity contribution < 1.29 is 8.78 Å². The van der Waals surface area contributed by atoms with Crippen LogP contribution in [0.1, 0.15) is 44.7 Å². The first-order chi connectivity index (χ1) is 9.04. The zero-order valence-electron chi connectivity index (χ0n) is 11.9. The van der Waals surface area contributed by atoms with E-state index in [1.165, 1.54) is 12.5 Å². The highest BCUT2D eigenvalue weighted by atomic mass is 19.2. The summed E-state index contributed by atoms with van der Waals surface area (Å²) in [6, 6.07) is 4.37. The fourth-order valence-electron chi connectivity index (χ4n) is 3.30. The van der Waals surface area contributed by atoms with Crippen LogP contribution in [0.3, 0.4) is 0 Å². The molecule has 2 rings (SSSR count). The Balaban J connectivity index is 2.22. The molecule has 0 heterocycles. The maximum atomic E-state index is 14.0. The molecule has 0 bridgehead atoms. The molecule has 1 saturated carbocycles. The highest BCUT2D eigenvalue weighted by Gasteiger charge is 2.31. The molecular formula is C16H23F2N. The van der Waals surface area contributed by atoms with Crippen molar-refractivity contribution >= 4 is 0 Å². The molecule has 19 heavy (non-hydrogen) atoms. The third-order valence-electron chi connectivity index (χ3n) is 4.74. The maximum Gasteiger partial charge on any atom is 0.163 e. The highest BCUT2D eigenvalue weighted by molar-refractivity contribution is 5.23. The van der Waals surface area contributed by atoms with E-state index in [1.807, 2.05) is 7.05 Å². The van der Waals surface area contributed by atoms with Gasteiger partial charge in [0.15, 0.2) is 11.6 Å². The second-order valence-corrected chi connectivity index (χ2v) is 5.94. The molecule has 1 N–H and O–H groups in total. The predicted molar refractivity (Wildman–Crippen MR) is 73.8 cm³/mol. The molecule has 0 spiro atoms. The van der Waals surface area contributed by atoms with Gasteiger partial charge in [-0.2, -0.15) is 0 Å². The van der Waals surface area contributed by atoms with Crippen molar-refractivity contribution in [1.29, 1.82) is 0 Å². The summed E-state index contributed by atoms with van der Waals surface area (Å²) in [5.74, 6) is 0.299. The number of halogens is 2. The zero-order valence-corrected chi connectivity index (χ0v) is 11.9. The Hall–Kier alpha value is -0.960. The van der Waals surface area contributed by atoms with Crippen molar-refractivity contribution in [2.24, 2.45) is 17.8 Å². The molecule has 0 amide bonds. The molecule has 0 saturated heterocycles. The lowest BCUT2D eigenvalue weighted by molar-refractivity contribution is 0.172. The summed E-state index contributed by atoms with van der Waals surface area (Å²) in [6.07, 6.45) is 3.32. The third-order valence-corrected chi connectivity index (χ3v) is 4.74. The molecule has 4 unspecified atom stereocenters. The van der Waals surface area contributed by atoms with Crippen molar-refractivity contribution in [3.8, 4) is 0 Å². The van der Waals surface area contributed by atoms with Gasteiger partial charge in [0.1, 0.15) is 0 Å². The quantitative estimate of drug-likeness (QED) is 0.861. The number of nitrogens with one attached hydrogen (secondary N) is 1. The summed E-state index contributed by atoms with van der Waals surface area (Å²) in [5.41, 5.74) is 0.467. The SMILES string of the molecule is CNC(c1cccc(F)c1F)C1CCC(C)C(C)C1. The van der Waals surface area contributed by atoms with Crippen LogP contribution >= 0.6 is 0 Å². The summed E-state index contributed by atoms with van der Waals surface area (Å²) in [7, 11) is 1.83. The largest absolute Gasteiger partial charge is 0.313 e. The molecule has 1 aliphatic rings. The van der Waals surface area contributed by atoms with Crippen molar-refractivity contribution in [2.75, 3.05) is 7.05 Å². The molecular weight excluding hydrogens is 244 g/mol. The fraction of sp³-hybridized carbons (Fsp3) is 0.625. The highest BCUT2D eigenvalue weighted by Crippen LogP contribution is 2.40. The molecule has 1 aliphatic carbocycles. The van der Waals surface area contributed by atoms with Crippen LogP contribution in [-0.2, 0) is 0 Å². The van der Waals surface area contributed by atoms with Gasteiger partial charge in [-0.05, 0) is 43.7 Å². The number of rotatable bonds is 3. The second-order valence-electron chi connectivity index (χ2n) is 5.94. The van der Waals surface area contributed by atoms with Crippen LogP contribution < -0.4 is 5.32 Å². The molecule has 3 heteroatoms. The summed E-state index contributed by atoms with van der Waals surface area (Å²) < 4.78 is 27.3. The minimum Gasteiger partial charge on any atom is -0.313 e. The summed E-state index contributed by atoms with van der Waals surface area (Å²) in [5, 5.41) is 3.18. The normalized spacial score (nSPS) is 29.2. The molecule has 0 radical (unpaired) electrons. The average Bonchev–Trinajstić information content (AvgIpc) is 2.39. The van der Waals surface area contributed by atoms with Gasteiger partial charge in [-0.3, -0.25) is 0 Å². The van der Waals surface area contributed by atoms with Gasteiger partial charge in [0.2, 0.25) is 0 Å². The first-order valence-electron chi connectivity index (χ1n) is 7.15. The van der Waals surface area contributed by atoms with Crippen molar-refractivity contribution in [3.05, 3.63) is 35.4 Å². The summed E-state index contributed by atoms with van der Waals surface area (Å²) >= 11 is 0. The Labute approximate surface area is 114 Å². The molecule has 1 aromatic rings. The molecule has 1 aromatic carbocycles. The Morgan fingerprint density at radius 1 is 1.16 bits per heavy atom. The van der Waals surface area contributed by atoms with Crippen LogP contribution in [0, 0.1) is 29.4 Å². The van der Waals surface area contributed by atoms with E-state index in [9.17, 15) is 8.78 Å². The van der Waals surface area contributed by atoms with Crippen LogP contribution in [-0.4, -0.2) is 7.05 Å². The number of hydrogen-bond acceptors (Lipinski definition) is 1. The van der Waals surface area contributed by atoms with Gasteiger partial charge in [-0.15, -0.1) is 0 Å². The minimum atomic E-state index is -0.755. The molecule has 0 aromatic heterocycles. The zero-order chi connectivity index (χ0) is 14.0. The van der Waals surface area contributed by atoms with Crippen molar-refractivity contribution in [3.63, 3.8) is 0 Å². The first-order valence-corrected chi connectivity index (χ1v) is 7.15. The van der Waals surface area contributed by atoms with Crippen LogP contribution in [0.2, 0.25) is 0 Å². The number of benzene rings is 1. The average molecular weight is 267 g/mol. The maximum absolute atomic E-state index is 14.0. The van der Waals surface area contributed by atoms with Crippen LogP contribution in [0.15, 0.2) is 18.2 Å². The monoisotopic (exact) mass is 267 g/mol. The van der Waals surface area contributed by atoms with Gasteiger partial charge >= 0.3 is 0 Å². The van der Waals surface area contributed by atoms with Crippen LogP contribution in [0.4, 0.5) is 8.78 Å². The third kappa shape index (κ3) is 2.97. The molecule has 4 atom stereocenters. The summed E-state index contributed by atoms with van der Waals surface area (Å²) in [6.45, 7) is 4.53. The smallest absolute Gasteiger partial charge is 0.163 e. The van der Waals surface area contributed by atoms with Gasteiger partial charge in [0.05, 0.1) is 0 Å².